The molecule has 1 aromatic carbocycles. The summed E-state index contributed by atoms with van der Waals surface area (Å²) in [4.78, 5) is 34.1. The predicted octanol–water partition coefficient (Wildman–Crippen LogP) is 1.36. The van der Waals surface area contributed by atoms with Gasteiger partial charge in [0.2, 0.25) is 5.78 Å². The molecule has 1 aromatic rings. The molecule has 5 heteroatoms. The van der Waals surface area contributed by atoms with E-state index in [0.717, 1.165) is 0 Å². The summed E-state index contributed by atoms with van der Waals surface area (Å²) in [6, 6.07) is 6.08. The summed E-state index contributed by atoms with van der Waals surface area (Å²) in [5.74, 6) is -1.04. The summed E-state index contributed by atoms with van der Waals surface area (Å²) >= 11 is 0. The zero-order valence-electron chi connectivity index (χ0n) is 9.84. The van der Waals surface area contributed by atoms with E-state index < -0.39 is 12.1 Å². The molecule has 0 bridgehead atoms. The number of benzene rings is 1. The van der Waals surface area contributed by atoms with Crippen molar-refractivity contribution in [3.05, 3.63) is 35.4 Å². The van der Waals surface area contributed by atoms with Gasteiger partial charge in [0.05, 0.1) is 12.7 Å². The van der Waals surface area contributed by atoms with Crippen molar-refractivity contribution in [3.63, 3.8) is 0 Å². The Morgan fingerprint density at radius 1 is 1.22 bits per heavy atom. The number of carbonyl (C=O) groups is 3. The molecule has 0 radical (unpaired) electrons. The Labute approximate surface area is 104 Å². The molecular weight excluding hydrogens is 236 g/mol. The van der Waals surface area contributed by atoms with Crippen LogP contribution in [0.5, 0.6) is 0 Å². The standard InChI is InChI=1S/C13H12O5/c1-17-13(16)9-4-2-8(3-5-9)12(15)10-6-7-11(14)18-10/h2-5,10H,6-7H2,1H3. The van der Waals surface area contributed by atoms with Crippen LogP contribution in [-0.4, -0.2) is 30.9 Å². The number of methoxy groups -OCH3 is 1. The molecule has 0 saturated carbocycles. The first-order chi connectivity index (χ1) is 8.61. The number of rotatable bonds is 3. The fourth-order valence-electron chi connectivity index (χ4n) is 1.78. The summed E-state index contributed by atoms with van der Waals surface area (Å²) in [6.45, 7) is 0. The van der Waals surface area contributed by atoms with Gasteiger partial charge in [0, 0.05) is 18.4 Å². The maximum Gasteiger partial charge on any atom is 0.337 e. The molecular formula is C13H12O5. The minimum absolute atomic E-state index is 0.239. The van der Waals surface area contributed by atoms with Crippen molar-refractivity contribution in [1.29, 1.82) is 0 Å². The molecule has 0 N–H and O–H groups in total. The van der Waals surface area contributed by atoms with Crippen LogP contribution in [0.25, 0.3) is 0 Å². The summed E-state index contributed by atoms with van der Waals surface area (Å²) in [5.41, 5.74) is 0.791. The van der Waals surface area contributed by atoms with E-state index in [1.54, 1.807) is 0 Å². The molecule has 5 nitrogen and oxygen atoms in total. The predicted molar refractivity (Wildman–Crippen MR) is 61.2 cm³/mol. The van der Waals surface area contributed by atoms with Crippen molar-refractivity contribution in [3.8, 4) is 0 Å². The van der Waals surface area contributed by atoms with Crippen LogP contribution in [-0.2, 0) is 14.3 Å². The average molecular weight is 248 g/mol. The molecule has 1 atom stereocenters. The van der Waals surface area contributed by atoms with Gasteiger partial charge in [-0.05, 0) is 12.1 Å². The molecule has 1 fully saturated rings. The highest BCUT2D eigenvalue weighted by atomic mass is 16.6. The highest BCUT2D eigenvalue weighted by molar-refractivity contribution is 6.02. The second-order valence-corrected chi connectivity index (χ2v) is 3.95. The lowest BCUT2D eigenvalue weighted by molar-refractivity contribution is -0.140. The summed E-state index contributed by atoms with van der Waals surface area (Å²) in [5, 5.41) is 0. The van der Waals surface area contributed by atoms with Crippen LogP contribution in [0.2, 0.25) is 0 Å². The number of Topliss-reactive ketones (excluding diaryl/α,β-unsaturated/α-hetero) is 1. The van der Waals surface area contributed by atoms with Gasteiger partial charge in [-0.25, -0.2) is 4.79 Å². The van der Waals surface area contributed by atoms with Crippen LogP contribution < -0.4 is 0 Å². The minimum atomic E-state index is -0.693. The van der Waals surface area contributed by atoms with Gasteiger partial charge in [0.25, 0.3) is 0 Å². The normalized spacial score (nSPS) is 18.3. The molecule has 0 aliphatic carbocycles. The maximum absolute atomic E-state index is 11.9. The number of carbonyl (C=O) groups excluding carboxylic acids is 3. The van der Waals surface area contributed by atoms with E-state index >= 15 is 0 Å². The Kier molecular flexibility index (Phi) is 3.41. The number of cyclic esters (lactones) is 1. The Balaban J connectivity index is 2.12. The van der Waals surface area contributed by atoms with Gasteiger partial charge in [0.1, 0.15) is 0 Å². The Bertz CT molecular complexity index is 489. The second kappa shape index (κ2) is 5.00. The number of ketones is 1. The maximum atomic E-state index is 11.9. The first-order valence-electron chi connectivity index (χ1n) is 5.54. The lowest BCUT2D eigenvalue weighted by atomic mass is 10.0. The SMILES string of the molecule is COC(=O)c1ccc(C(=O)C2CCC(=O)O2)cc1. The van der Waals surface area contributed by atoms with E-state index in [4.69, 9.17) is 4.74 Å². The van der Waals surface area contributed by atoms with E-state index in [2.05, 4.69) is 4.74 Å². The molecule has 18 heavy (non-hydrogen) atoms. The molecule has 0 aromatic heterocycles. The smallest absolute Gasteiger partial charge is 0.337 e. The van der Waals surface area contributed by atoms with E-state index in [1.807, 2.05) is 0 Å². The fourth-order valence-corrected chi connectivity index (χ4v) is 1.78. The summed E-state index contributed by atoms with van der Waals surface area (Å²) < 4.78 is 9.45. The van der Waals surface area contributed by atoms with Crippen molar-refractivity contribution < 1.29 is 23.9 Å². The summed E-state index contributed by atoms with van der Waals surface area (Å²) in [6.07, 6.45) is -0.00551. The van der Waals surface area contributed by atoms with Gasteiger partial charge < -0.3 is 9.47 Å². The Hall–Kier alpha value is -2.17. The first-order valence-corrected chi connectivity index (χ1v) is 5.54. The third-order valence-corrected chi connectivity index (χ3v) is 2.77. The largest absolute Gasteiger partial charge is 0.465 e. The second-order valence-electron chi connectivity index (χ2n) is 3.95. The third-order valence-electron chi connectivity index (χ3n) is 2.77. The zero-order valence-corrected chi connectivity index (χ0v) is 9.84. The molecule has 1 saturated heterocycles. The molecule has 1 aliphatic rings. The Morgan fingerprint density at radius 3 is 2.33 bits per heavy atom. The summed E-state index contributed by atoms with van der Waals surface area (Å²) in [7, 11) is 1.29. The number of ether oxygens (including phenoxy) is 2. The molecule has 1 heterocycles. The van der Waals surface area contributed by atoms with Crippen molar-refractivity contribution in [2.75, 3.05) is 7.11 Å². The van der Waals surface area contributed by atoms with Crippen LogP contribution in [0.3, 0.4) is 0 Å². The molecule has 1 unspecified atom stereocenters. The van der Waals surface area contributed by atoms with Crippen LogP contribution in [0.1, 0.15) is 33.6 Å². The molecule has 1 aliphatic heterocycles. The minimum Gasteiger partial charge on any atom is -0.465 e. The van der Waals surface area contributed by atoms with Crippen LogP contribution in [0, 0.1) is 0 Å². The van der Waals surface area contributed by atoms with E-state index in [-0.39, 0.29) is 18.2 Å². The molecule has 0 amide bonds. The number of hydrogen-bond acceptors (Lipinski definition) is 5. The van der Waals surface area contributed by atoms with Crippen molar-refractivity contribution in [2.45, 2.75) is 18.9 Å². The topological polar surface area (TPSA) is 69.7 Å². The van der Waals surface area contributed by atoms with Crippen molar-refractivity contribution in [1.82, 2.24) is 0 Å². The van der Waals surface area contributed by atoms with Crippen LogP contribution in [0.15, 0.2) is 24.3 Å². The van der Waals surface area contributed by atoms with Gasteiger partial charge in [-0.2, -0.15) is 0 Å². The van der Waals surface area contributed by atoms with Crippen molar-refractivity contribution >= 4 is 17.7 Å². The molecule has 0 spiro atoms. The highest BCUT2D eigenvalue weighted by Gasteiger charge is 2.30. The van der Waals surface area contributed by atoms with Gasteiger partial charge in [-0.15, -0.1) is 0 Å². The fraction of sp³-hybridized carbons (Fsp3) is 0.308. The Morgan fingerprint density at radius 2 is 1.83 bits per heavy atom. The first kappa shape index (κ1) is 12.3. The van der Waals surface area contributed by atoms with Crippen LogP contribution >= 0.6 is 0 Å². The van der Waals surface area contributed by atoms with Gasteiger partial charge >= 0.3 is 11.9 Å². The molecule has 94 valence electrons. The molecule has 2 rings (SSSR count). The monoisotopic (exact) mass is 248 g/mol. The lowest BCUT2D eigenvalue weighted by Gasteiger charge is -2.08. The van der Waals surface area contributed by atoms with Gasteiger partial charge in [0.15, 0.2) is 6.10 Å². The van der Waals surface area contributed by atoms with Gasteiger partial charge in [-0.1, -0.05) is 12.1 Å². The van der Waals surface area contributed by atoms with Crippen molar-refractivity contribution in [2.24, 2.45) is 0 Å². The van der Waals surface area contributed by atoms with E-state index in [0.29, 0.717) is 17.5 Å². The highest BCUT2D eigenvalue weighted by Crippen LogP contribution is 2.19. The quantitative estimate of drug-likeness (QED) is 0.596. The third kappa shape index (κ3) is 2.40. The van der Waals surface area contributed by atoms with Gasteiger partial charge in [-0.3, -0.25) is 9.59 Å². The van der Waals surface area contributed by atoms with E-state index in [1.165, 1.54) is 31.4 Å². The van der Waals surface area contributed by atoms with E-state index in [9.17, 15) is 14.4 Å². The number of hydrogen-bond donors (Lipinski definition) is 0. The zero-order chi connectivity index (χ0) is 13.1. The average Bonchev–Trinajstić information content (AvgIpc) is 2.84. The lowest BCUT2D eigenvalue weighted by Crippen LogP contribution is -2.20. The van der Waals surface area contributed by atoms with Crippen LogP contribution in [0.4, 0.5) is 0 Å². The number of esters is 2.